The molecule has 22 heavy (non-hydrogen) atoms. The van der Waals surface area contributed by atoms with Crippen LogP contribution >= 0.6 is 0 Å². The molecule has 0 radical (unpaired) electrons. The lowest BCUT2D eigenvalue weighted by Crippen LogP contribution is -2.40. The van der Waals surface area contributed by atoms with Crippen molar-refractivity contribution in [1.29, 1.82) is 0 Å². The highest BCUT2D eigenvalue weighted by atomic mass is 32.2. The fraction of sp³-hybridized carbons (Fsp3) is 0.312. The first kappa shape index (κ1) is 18.3. The molecule has 0 fully saturated rings. The van der Waals surface area contributed by atoms with E-state index >= 15 is 0 Å². The summed E-state index contributed by atoms with van der Waals surface area (Å²) >= 11 is -2.07. The van der Waals surface area contributed by atoms with Crippen LogP contribution in [0.25, 0.3) is 0 Å². The largest absolute Gasteiger partial charge is 0.365 e. The standard InChI is InChI=1S/C15H19N2.CH4O3S/c1-2-17(15-9-5-3-6-10-15)14-13-16-11-7-4-8-12-16;1-4-5(2)3/h3-12H,2,13-14H2,1H3;1H3,(H,2,3)/q+1;. The molecule has 5 nitrogen and oxygen atoms in total. The summed E-state index contributed by atoms with van der Waals surface area (Å²) in [6.45, 7) is 5.29. The lowest BCUT2D eigenvalue weighted by molar-refractivity contribution is -0.694. The third-order valence-electron chi connectivity index (χ3n) is 3.05. The zero-order chi connectivity index (χ0) is 16.2. The minimum atomic E-state index is -2.07. The summed E-state index contributed by atoms with van der Waals surface area (Å²) in [7, 11) is 1.15. The first-order chi connectivity index (χ1) is 10.7. The van der Waals surface area contributed by atoms with E-state index in [9.17, 15) is 4.21 Å². The summed E-state index contributed by atoms with van der Waals surface area (Å²) in [5.74, 6) is 0. The van der Waals surface area contributed by atoms with Crippen LogP contribution in [0.15, 0.2) is 60.9 Å². The molecular weight excluding hydrogens is 300 g/mol. The number of aromatic nitrogens is 1. The predicted molar refractivity (Wildman–Crippen MR) is 88.7 cm³/mol. The summed E-state index contributed by atoms with van der Waals surface area (Å²) in [6.07, 6.45) is 4.22. The molecule has 2 rings (SSSR count). The van der Waals surface area contributed by atoms with Crippen molar-refractivity contribution in [3.63, 3.8) is 0 Å². The van der Waals surface area contributed by atoms with Gasteiger partial charge in [-0.3, -0.25) is 8.74 Å². The number of anilines is 1. The smallest absolute Gasteiger partial charge is 0.301 e. The molecule has 1 heterocycles. The average molecular weight is 323 g/mol. The molecule has 0 aliphatic heterocycles. The number of rotatable bonds is 6. The Morgan fingerprint density at radius 1 is 1.14 bits per heavy atom. The summed E-state index contributed by atoms with van der Waals surface area (Å²) < 4.78 is 22.9. The van der Waals surface area contributed by atoms with Crippen LogP contribution < -0.4 is 9.47 Å². The van der Waals surface area contributed by atoms with E-state index in [1.165, 1.54) is 5.69 Å². The van der Waals surface area contributed by atoms with E-state index in [-0.39, 0.29) is 0 Å². The number of benzene rings is 1. The molecule has 0 bridgehead atoms. The summed E-state index contributed by atoms with van der Waals surface area (Å²) in [4.78, 5) is 2.39. The third kappa shape index (κ3) is 7.31. The van der Waals surface area contributed by atoms with Crippen LogP contribution in [0.2, 0.25) is 0 Å². The van der Waals surface area contributed by atoms with Crippen molar-refractivity contribution in [3.8, 4) is 0 Å². The molecule has 0 aliphatic rings. The van der Waals surface area contributed by atoms with Crippen LogP contribution in [0.5, 0.6) is 0 Å². The lowest BCUT2D eigenvalue weighted by atomic mass is 10.3. The highest BCUT2D eigenvalue weighted by molar-refractivity contribution is 7.74. The van der Waals surface area contributed by atoms with E-state index in [1.807, 2.05) is 6.07 Å². The topological polar surface area (TPSA) is 53.7 Å². The second-order valence-electron chi connectivity index (χ2n) is 4.41. The van der Waals surface area contributed by atoms with Gasteiger partial charge in [0.2, 0.25) is 0 Å². The molecule has 2 aromatic rings. The van der Waals surface area contributed by atoms with Gasteiger partial charge in [0.15, 0.2) is 18.9 Å². The van der Waals surface area contributed by atoms with Crippen molar-refractivity contribution < 1.29 is 17.5 Å². The zero-order valence-electron chi connectivity index (χ0n) is 13.0. The molecule has 1 aromatic heterocycles. The molecule has 1 atom stereocenters. The molecule has 0 saturated carbocycles. The van der Waals surface area contributed by atoms with Crippen LogP contribution in [-0.2, 0) is 22.1 Å². The molecule has 0 amide bonds. The van der Waals surface area contributed by atoms with Gasteiger partial charge in [0.05, 0.1) is 13.7 Å². The Morgan fingerprint density at radius 2 is 1.68 bits per heavy atom. The van der Waals surface area contributed by atoms with Crippen molar-refractivity contribution in [2.75, 3.05) is 25.1 Å². The van der Waals surface area contributed by atoms with Crippen molar-refractivity contribution in [2.24, 2.45) is 0 Å². The number of hydrogen-bond donors (Lipinski definition) is 1. The molecule has 1 N–H and O–H groups in total. The van der Waals surface area contributed by atoms with Gasteiger partial charge in [0.1, 0.15) is 0 Å². The molecule has 0 aliphatic carbocycles. The van der Waals surface area contributed by atoms with Crippen molar-refractivity contribution >= 4 is 17.0 Å². The zero-order valence-corrected chi connectivity index (χ0v) is 13.8. The number of likely N-dealkylation sites (N-methyl/N-ethyl adjacent to an activating group) is 1. The van der Waals surface area contributed by atoms with Gasteiger partial charge >= 0.3 is 11.4 Å². The van der Waals surface area contributed by atoms with Crippen molar-refractivity contribution in [2.45, 2.75) is 13.5 Å². The van der Waals surface area contributed by atoms with Gasteiger partial charge < -0.3 is 4.90 Å². The number of nitrogens with zero attached hydrogens (tertiary/aromatic N) is 2. The van der Waals surface area contributed by atoms with Gasteiger partial charge in [0.25, 0.3) is 0 Å². The van der Waals surface area contributed by atoms with Crippen molar-refractivity contribution in [1.82, 2.24) is 0 Å². The Morgan fingerprint density at radius 3 is 2.18 bits per heavy atom. The molecule has 6 heteroatoms. The molecule has 0 saturated heterocycles. The number of pyridine rings is 1. The summed E-state index contributed by atoms with van der Waals surface area (Å²) in [5, 5.41) is 0. The SMILES string of the molecule is CCN(CC[n+]1ccccc1)c1ccccc1.COS(=O)O. The molecular formula is C16H23N2O3S+. The Hall–Kier alpha value is -1.76. The van der Waals surface area contributed by atoms with Gasteiger partial charge in [-0.05, 0) is 19.1 Å². The Balaban J connectivity index is 0.000000422. The average Bonchev–Trinajstić information content (AvgIpc) is 2.58. The van der Waals surface area contributed by atoms with Crippen LogP contribution in [0, 0.1) is 0 Å². The second-order valence-corrected chi connectivity index (χ2v) is 5.18. The van der Waals surface area contributed by atoms with E-state index in [1.54, 1.807) is 0 Å². The van der Waals surface area contributed by atoms with Gasteiger partial charge in [-0.1, -0.05) is 24.3 Å². The first-order valence-electron chi connectivity index (χ1n) is 7.06. The Bertz CT molecular complexity index is 538. The molecule has 120 valence electrons. The lowest BCUT2D eigenvalue weighted by Gasteiger charge is -2.21. The molecule has 1 unspecified atom stereocenters. The van der Waals surface area contributed by atoms with Crippen LogP contribution in [0.3, 0.4) is 0 Å². The van der Waals surface area contributed by atoms with Crippen LogP contribution in [0.1, 0.15) is 6.92 Å². The summed E-state index contributed by atoms with van der Waals surface area (Å²) in [6, 6.07) is 16.8. The summed E-state index contributed by atoms with van der Waals surface area (Å²) in [5.41, 5.74) is 1.30. The predicted octanol–water partition coefficient (Wildman–Crippen LogP) is 2.27. The second kappa shape index (κ2) is 10.9. The van der Waals surface area contributed by atoms with Gasteiger partial charge in [0, 0.05) is 24.4 Å². The highest BCUT2D eigenvalue weighted by Gasteiger charge is 2.06. The maximum atomic E-state index is 9.26. The minimum absolute atomic E-state index is 1.02. The fourth-order valence-corrected chi connectivity index (χ4v) is 1.93. The quantitative estimate of drug-likeness (QED) is 0.654. The number of hydrogen-bond acceptors (Lipinski definition) is 3. The van der Waals surface area contributed by atoms with Crippen LogP contribution in [-0.4, -0.2) is 29.0 Å². The molecule has 0 spiro atoms. The van der Waals surface area contributed by atoms with Gasteiger partial charge in [-0.2, -0.15) is 4.21 Å². The van der Waals surface area contributed by atoms with E-state index in [0.717, 1.165) is 26.7 Å². The van der Waals surface area contributed by atoms with E-state index < -0.39 is 11.4 Å². The van der Waals surface area contributed by atoms with Crippen molar-refractivity contribution in [3.05, 3.63) is 60.9 Å². The van der Waals surface area contributed by atoms with Gasteiger partial charge in [-0.15, -0.1) is 0 Å². The van der Waals surface area contributed by atoms with E-state index in [4.69, 9.17) is 4.55 Å². The third-order valence-corrected chi connectivity index (χ3v) is 3.34. The van der Waals surface area contributed by atoms with E-state index in [2.05, 4.69) is 75.4 Å². The molecule has 1 aromatic carbocycles. The highest BCUT2D eigenvalue weighted by Crippen LogP contribution is 2.11. The Labute approximate surface area is 134 Å². The van der Waals surface area contributed by atoms with E-state index in [0.29, 0.717) is 0 Å². The Kier molecular flexibility index (Phi) is 9.06. The monoisotopic (exact) mass is 323 g/mol. The fourth-order valence-electron chi connectivity index (χ4n) is 1.93. The first-order valence-corrected chi connectivity index (χ1v) is 8.10. The minimum Gasteiger partial charge on any atom is -0.365 e. The van der Waals surface area contributed by atoms with Crippen LogP contribution in [0.4, 0.5) is 5.69 Å². The maximum absolute atomic E-state index is 9.26. The maximum Gasteiger partial charge on any atom is 0.301 e. The van der Waals surface area contributed by atoms with Gasteiger partial charge in [-0.25, -0.2) is 4.57 Å². The number of para-hydroxylation sites is 1. The normalized spacial score (nSPS) is 11.2.